The Bertz CT molecular complexity index is 545. The maximum Gasteiger partial charge on any atom is 0.298 e. The van der Waals surface area contributed by atoms with Crippen LogP contribution in [0.15, 0.2) is 18.2 Å². The van der Waals surface area contributed by atoms with E-state index < -0.39 is 0 Å². The van der Waals surface area contributed by atoms with Crippen molar-refractivity contribution in [3.05, 3.63) is 34.6 Å². The molecule has 102 valence electrons. The Kier molecular flexibility index (Phi) is 5.13. The van der Waals surface area contributed by atoms with Gasteiger partial charge in [0.1, 0.15) is 11.6 Å². The fraction of sp³-hybridized carbons (Fsp3) is 0.385. The lowest BCUT2D eigenvalue weighted by molar-refractivity contribution is 0.200. The summed E-state index contributed by atoms with van der Waals surface area (Å²) < 4.78 is 14.9. The lowest BCUT2D eigenvalue weighted by atomic mass is 10.2. The van der Waals surface area contributed by atoms with E-state index in [1.165, 1.54) is 11.5 Å². The van der Waals surface area contributed by atoms with Crippen LogP contribution in [-0.2, 0) is 17.6 Å². The molecule has 19 heavy (non-hydrogen) atoms. The maximum absolute atomic E-state index is 6.07. The molecule has 0 aliphatic heterocycles. The minimum atomic E-state index is 0.537. The van der Waals surface area contributed by atoms with Crippen LogP contribution in [0.5, 0.6) is 10.9 Å². The summed E-state index contributed by atoms with van der Waals surface area (Å²) >= 11 is 7.31. The van der Waals surface area contributed by atoms with Crippen molar-refractivity contribution in [3.8, 4) is 10.9 Å². The molecule has 0 atom stereocenters. The molecule has 1 aromatic heterocycles. The minimum Gasteiger partial charge on any atom is -0.430 e. The molecule has 2 aromatic rings. The number of aromatic nitrogens is 2. The fourth-order valence-electron chi connectivity index (χ4n) is 1.56. The summed E-state index contributed by atoms with van der Waals surface area (Å²) in [6.07, 6.45) is 1.56. The third-order valence-corrected chi connectivity index (χ3v) is 3.58. The van der Waals surface area contributed by atoms with Gasteiger partial charge in [0, 0.05) is 30.1 Å². The first-order chi connectivity index (χ1) is 9.22. The third kappa shape index (κ3) is 3.89. The van der Waals surface area contributed by atoms with Gasteiger partial charge in [-0.3, -0.25) is 0 Å². The van der Waals surface area contributed by atoms with E-state index in [0.29, 0.717) is 18.2 Å². The van der Waals surface area contributed by atoms with Crippen LogP contribution in [0.3, 0.4) is 0 Å². The Labute approximate surface area is 121 Å². The monoisotopic (exact) mass is 298 g/mol. The first-order valence-corrected chi connectivity index (χ1v) is 7.16. The van der Waals surface area contributed by atoms with E-state index in [-0.39, 0.29) is 0 Å². The molecule has 0 spiro atoms. The summed E-state index contributed by atoms with van der Waals surface area (Å²) in [7, 11) is 1.66. The lowest BCUT2D eigenvalue weighted by Gasteiger charge is -2.05. The third-order valence-electron chi connectivity index (χ3n) is 2.58. The maximum atomic E-state index is 6.07. The zero-order chi connectivity index (χ0) is 13.7. The molecule has 4 nitrogen and oxygen atoms in total. The zero-order valence-electron chi connectivity index (χ0n) is 10.9. The second-order valence-corrected chi connectivity index (χ2v) is 5.05. The van der Waals surface area contributed by atoms with Gasteiger partial charge in [-0.1, -0.05) is 18.5 Å². The number of hydrogen-bond acceptors (Lipinski definition) is 5. The second kappa shape index (κ2) is 6.84. The van der Waals surface area contributed by atoms with Crippen molar-refractivity contribution >= 4 is 23.1 Å². The van der Waals surface area contributed by atoms with Gasteiger partial charge < -0.3 is 9.47 Å². The van der Waals surface area contributed by atoms with E-state index >= 15 is 0 Å². The number of hydrogen-bond donors (Lipinski definition) is 0. The molecule has 0 radical (unpaired) electrons. The average Bonchev–Trinajstić information content (AvgIpc) is 2.86. The van der Waals surface area contributed by atoms with Gasteiger partial charge in [-0.05, 0) is 30.2 Å². The van der Waals surface area contributed by atoms with Gasteiger partial charge in [-0.15, -0.1) is 0 Å². The fourth-order valence-corrected chi connectivity index (χ4v) is 2.41. The van der Waals surface area contributed by atoms with Crippen LogP contribution in [0.25, 0.3) is 0 Å². The Morgan fingerprint density at radius 1 is 1.37 bits per heavy atom. The molecular formula is C13H15ClN2O2S. The Hall–Kier alpha value is -1.17. The number of rotatable bonds is 6. The number of aryl methyl sites for hydroxylation is 1. The first kappa shape index (κ1) is 14.2. The second-order valence-electron chi connectivity index (χ2n) is 3.93. The predicted molar refractivity (Wildman–Crippen MR) is 76.4 cm³/mol. The lowest BCUT2D eigenvalue weighted by Crippen LogP contribution is -1.96. The van der Waals surface area contributed by atoms with Crippen LogP contribution < -0.4 is 4.74 Å². The topological polar surface area (TPSA) is 44.2 Å². The molecular weight excluding hydrogens is 284 g/mol. The van der Waals surface area contributed by atoms with Gasteiger partial charge in [0.25, 0.3) is 5.19 Å². The largest absolute Gasteiger partial charge is 0.430 e. The highest BCUT2D eigenvalue weighted by Crippen LogP contribution is 2.27. The van der Waals surface area contributed by atoms with Crippen LogP contribution in [0.4, 0.5) is 0 Å². The van der Waals surface area contributed by atoms with Crippen molar-refractivity contribution in [2.75, 3.05) is 13.7 Å². The number of ether oxygens (including phenoxy) is 2. The van der Waals surface area contributed by atoms with Crippen LogP contribution in [0, 0.1) is 0 Å². The van der Waals surface area contributed by atoms with Crippen LogP contribution >= 0.6 is 23.1 Å². The SMILES string of the molecule is CCc1cc(Oc2nc(CCOC)ns2)ccc1Cl. The molecule has 0 unspecified atom stereocenters. The van der Waals surface area contributed by atoms with Gasteiger partial charge in [0.15, 0.2) is 0 Å². The van der Waals surface area contributed by atoms with Crippen molar-refractivity contribution in [2.24, 2.45) is 0 Å². The Morgan fingerprint density at radius 2 is 2.21 bits per heavy atom. The summed E-state index contributed by atoms with van der Waals surface area (Å²) in [6, 6.07) is 5.60. The molecule has 0 bridgehead atoms. The highest BCUT2D eigenvalue weighted by atomic mass is 35.5. The summed E-state index contributed by atoms with van der Waals surface area (Å²) in [4.78, 5) is 4.29. The first-order valence-electron chi connectivity index (χ1n) is 6.00. The van der Waals surface area contributed by atoms with Gasteiger partial charge in [-0.25, -0.2) is 0 Å². The van der Waals surface area contributed by atoms with E-state index in [1.807, 2.05) is 18.2 Å². The van der Waals surface area contributed by atoms with Crippen LogP contribution in [0.2, 0.25) is 5.02 Å². The van der Waals surface area contributed by atoms with E-state index in [9.17, 15) is 0 Å². The molecule has 6 heteroatoms. The van der Waals surface area contributed by atoms with Crippen LogP contribution in [0.1, 0.15) is 18.3 Å². The smallest absolute Gasteiger partial charge is 0.298 e. The average molecular weight is 299 g/mol. The number of benzene rings is 1. The summed E-state index contributed by atoms with van der Waals surface area (Å²) in [6.45, 7) is 2.66. The summed E-state index contributed by atoms with van der Waals surface area (Å²) in [5, 5.41) is 1.29. The number of nitrogens with zero attached hydrogens (tertiary/aromatic N) is 2. The molecule has 0 saturated heterocycles. The normalized spacial score (nSPS) is 10.7. The highest BCUT2D eigenvalue weighted by Gasteiger charge is 2.07. The zero-order valence-corrected chi connectivity index (χ0v) is 12.4. The Morgan fingerprint density at radius 3 is 2.95 bits per heavy atom. The van der Waals surface area contributed by atoms with E-state index in [1.54, 1.807) is 7.11 Å². The van der Waals surface area contributed by atoms with Gasteiger partial charge in [0.2, 0.25) is 0 Å². The standard InChI is InChI=1S/C13H15ClN2O2S/c1-3-9-8-10(4-5-11(9)14)18-13-15-12(16-19-13)6-7-17-2/h4-5,8H,3,6-7H2,1-2H3. The molecule has 1 heterocycles. The van der Waals surface area contributed by atoms with Crippen molar-refractivity contribution in [1.82, 2.24) is 9.36 Å². The van der Waals surface area contributed by atoms with Crippen molar-refractivity contribution in [2.45, 2.75) is 19.8 Å². The number of methoxy groups -OCH3 is 1. The molecule has 2 rings (SSSR count). The minimum absolute atomic E-state index is 0.537. The highest BCUT2D eigenvalue weighted by molar-refractivity contribution is 7.07. The number of halogens is 1. The van der Waals surface area contributed by atoms with Crippen LogP contribution in [-0.4, -0.2) is 23.1 Å². The van der Waals surface area contributed by atoms with Crippen molar-refractivity contribution in [3.63, 3.8) is 0 Å². The van der Waals surface area contributed by atoms with Gasteiger partial charge in [0.05, 0.1) is 6.61 Å². The molecule has 0 amide bonds. The molecule has 0 aliphatic carbocycles. The predicted octanol–water partition coefficient (Wildman–Crippen LogP) is 3.74. The molecule has 0 N–H and O–H groups in total. The molecule has 1 aromatic carbocycles. The van der Waals surface area contributed by atoms with E-state index in [0.717, 1.165) is 28.6 Å². The van der Waals surface area contributed by atoms with Gasteiger partial charge >= 0.3 is 0 Å². The summed E-state index contributed by atoms with van der Waals surface area (Å²) in [5.41, 5.74) is 1.06. The molecule has 0 fully saturated rings. The van der Waals surface area contributed by atoms with E-state index in [2.05, 4.69) is 16.3 Å². The molecule has 0 saturated carbocycles. The van der Waals surface area contributed by atoms with Crippen molar-refractivity contribution < 1.29 is 9.47 Å². The quantitative estimate of drug-likeness (QED) is 0.815. The Balaban J connectivity index is 2.06. The summed E-state index contributed by atoms with van der Waals surface area (Å²) in [5.74, 6) is 1.47. The molecule has 0 aliphatic rings. The van der Waals surface area contributed by atoms with E-state index in [4.69, 9.17) is 21.1 Å². The van der Waals surface area contributed by atoms with Crippen molar-refractivity contribution in [1.29, 1.82) is 0 Å². The van der Waals surface area contributed by atoms with Gasteiger partial charge in [-0.2, -0.15) is 9.36 Å².